The van der Waals surface area contributed by atoms with Crippen molar-refractivity contribution in [1.29, 1.82) is 0 Å². The normalized spacial score (nSPS) is 47.2. The van der Waals surface area contributed by atoms with Gasteiger partial charge in [0.2, 0.25) is 5.91 Å². The first-order valence-corrected chi connectivity index (χ1v) is 7.74. The first kappa shape index (κ1) is 13.2. The van der Waals surface area contributed by atoms with E-state index in [9.17, 15) is 9.90 Å². The molecular weight excluding hydrogens is 238 g/mol. The Hall–Kier alpha value is -0.830. The number of rotatable bonds is 4. The van der Waals surface area contributed by atoms with Gasteiger partial charge in [0, 0.05) is 6.54 Å². The van der Waals surface area contributed by atoms with Crippen molar-refractivity contribution >= 4 is 5.91 Å². The highest BCUT2D eigenvalue weighted by Crippen LogP contribution is 2.63. The van der Waals surface area contributed by atoms with Crippen molar-refractivity contribution in [3.8, 4) is 0 Å². The SMILES string of the molecule is C=CC(=O)NCC1CC(CC)C2C3CC(CC3O)C12. The van der Waals surface area contributed by atoms with Crippen molar-refractivity contribution in [2.45, 2.75) is 38.7 Å². The van der Waals surface area contributed by atoms with Gasteiger partial charge in [-0.05, 0) is 60.8 Å². The average molecular weight is 263 g/mol. The molecular formula is C16H25NO2. The lowest BCUT2D eigenvalue weighted by atomic mass is 9.74. The van der Waals surface area contributed by atoms with Crippen LogP contribution in [0.25, 0.3) is 0 Å². The summed E-state index contributed by atoms with van der Waals surface area (Å²) in [5, 5.41) is 13.1. The number of aliphatic hydroxyl groups is 1. The number of hydrogen-bond donors (Lipinski definition) is 2. The molecule has 3 rings (SSSR count). The summed E-state index contributed by atoms with van der Waals surface area (Å²) in [5.74, 6) is 4.00. The Balaban J connectivity index is 1.71. The van der Waals surface area contributed by atoms with Gasteiger partial charge in [0.15, 0.2) is 0 Å². The minimum atomic E-state index is -0.0558. The van der Waals surface area contributed by atoms with Crippen LogP contribution in [0.5, 0.6) is 0 Å². The van der Waals surface area contributed by atoms with E-state index in [0.29, 0.717) is 23.7 Å². The zero-order chi connectivity index (χ0) is 13.6. The minimum absolute atomic E-state index is 0.0539. The third-order valence-corrected chi connectivity index (χ3v) is 6.04. The van der Waals surface area contributed by atoms with Crippen LogP contribution in [0.3, 0.4) is 0 Å². The molecule has 1 amide bonds. The fourth-order valence-corrected chi connectivity index (χ4v) is 5.44. The third-order valence-electron chi connectivity index (χ3n) is 6.04. The molecule has 0 aromatic heterocycles. The van der Waals surface area contributed by atoms with Gasteiger partial charge in [0.25, 0.3) is 0 Å². The Bertz CT molecular complexity index is 381. The topological polar surface area (TPSA) is 49.3 Å². The molecule has 3 saturated carbocycles. The predicted octanol–water partition coefficient (Wildman–Crippen LogP) is 1.97. The number of nitrogens with one attached hydrogen (secondary N) is 1. The van der Waals surface area contributed by atoms with Gasteiger partial charge < -0.3 is 10.4 Å². The molecule has 3 fully saturated rings. The molecule has 0 aromatic rings. The second-order valence-corrected chi connectivity index (χ2v) is 6.73. The number of hydrogen-bond acceptors (Lipinski definition) is 2. The molecule has 3 heteroatoms. The van der Waals surface area contributed by atoms with Crippen LogP contribution in [0, 0.1) is 35.5 Å². The Morgan fingerprint density at radius 3 is 2.79 bits per heavy atom. The van der Waals surface area contributed by atoms with Crippen molar-refractivity contribution in [3.05, 3.63) is 12.7 Å². The van der Waals surface area contributed by atoms with Crippen LogP contribution in [0.2, 0.25) is 0 Å². The van der Waals surface area contributed by atoms with Gasteiger partial charge in [0.05, 0.1) is 6.10 Å². The third kappa shape index (κ3) is 2.03. The summed E-state index contributed by atoms with van der Waals surface area (Å²) in [6.45, 7) is 6.57. The number of aliphatic hydroxyl groups excluding tert-OH is 1. The number of fused-ring (bicyclic) bond motifs is 5. The summed E-state index contributed by atoms with van der Waals surface area (Å²) < 4.78 is 0. The minimum Gasteiger partial charge on any atom is -0.393 e. The monoisotopic (exact) mass is 263 g/mol. The smallest absolute Gasteiger partial charge is 0.243 e. The average Bonchev–Trinajstić information content (AvgIpc) is 3.05. The van der Waals surface area contributed by atoms with Crippen LogP contribution in [0.15, 0.2) is 12.7 Å². The fourth-order valence-electron chi connectivity index (χ4n) is 5.44. The first-order valence-electron chi connectivity index (χ1n) is 7.74. The molecule has 3 aliphatic rings. The van der Waals surface area contributed by atoms with Crippen LogP contribution in [-0.4, -0.2) is 23.7 Å². The van der Waals surface area contributed by atoms with Crippen LogP contribution >= 0.6 is 0 Å². The Morgan fingerprint density at radius 1 is 1.32 bits per heavy atom. The molecule has 7 unspecified atom stereocenters. The largest absolute Gasteiger partial charge is 0.393 e. The quantitative estimate of drug-likeness (QED) is 0.762. The molecule has 0 aliphatic heterocycles. The van der Waals surface area contributed by atoms with Crippen LogP contribution < -0.4 is 5.32 Å². The van der Waals surface area contributed by atoms with Crippen LogP contribution in [0.4, 0.5) is 0 Å². The van der Waals surface area contributed by atoms with Crippen molar-refractivity contribution in [2.75, 3.05) is 6.54 Å². The summed E-state index contributed by atoms with van der Waals surface area (Å²) in [6, 6.07) is 0. The van der Waals surface area contributed by atoms with Gasteiger partial charge in [-0.25, -0.2) is 0 Å². The summed E-state index contributed by atoms with van der Waals surface area (Å²) in [6.07, 6.45) is 5.95. The van der Waals surface area contributed by atoms with Gasteiger partial charge in [-0.1, -0.05) is 19.9 Å². The molecule has 106 valence electrons. The second kappa shape index (κ2) is 4.93. The standard InChI is InChI=1S/C16H25NO2/c1-3-9-5-11(8-17-14(19)4-2)15-10-6-12(16(9)15)13(18)7-10/h4,9-13,15-16,18H,2-3,5-8H2,1H3,(H,17,19). The van der Waals surface area contributed by atoms with E-state index in [-0.39, 0.29) is 12.0 Å². The molecule has 3 nitrogen and oxygen atoms in total. The van der Waals surface area contributed by atoms with Gasteiger partial charge in [-0.3, -0.25) is 4.79 Å². The molecule has 0 radical (unpaired) electrons. The van der Waals surface area contributed by atoms with E-state index in [2.05, 4.69) is 18.8 Å². The highest BCUT2D eigenvalue weighted by atomic mass is 16.3. The molecule has 3 aliphatic carbocycles. The molecule has 0 saturated heterocycles. The fraction of sp³-hybridized carbons (Fsp3) is 0.812. The lowest BCUT2D eigenvalue weighted by Crippen LogP contribution is -2.36. The van der Waals surface area contributed by atoms with Crippen LogP contribution in [-0.2, 0) is 4.79 Å². The van der Waals surface area contributed by atoms with Crippen LogP contribution in [0.1, 0.15) is 32.6 Å². The molecule has 7 atom stereocenters. The summed E-state index contributed by atoms with van der Waals surface area (Å²) in [7, 11) is 0. The van der Waals surface area contributed by atoms with Gasteiger partial charge >= 0.3 is 0 Å². The van der Waals surface area contributed by atoms with Crippen molar-refractivity contribution < 1.29 is 9.90 Å². The van der Waals surface area contributed by atoms with Gasteiger partial charge in [-0.2, -0.15) is 0 Å². The Kier molecular flexibility index (Phi) is 3.42. The van der Waals surface area contributed by atoms with Crippen molar-refractivity contribution in [1.82, 2.24) is 5.32 Å². The van der Waals surface area contributed by atoms with Crippen molar-refractivity contribution in [2.24, 2.45) is 35.5 Å². The number of carbonyl (C=O) groups is 1. The Labute approximate surface area is 115 Å². The summed E-state index contributed by atoms with van der Waals surface area (Å²) in [5.41, 5.74) is 0. The van der Waals surface area contributed by atoms with E-state index in [1.165, 1.54) is 25.3 Å². The molecule has 0 aromatic carbocycles. The highest BCUT2D eigenvalue weighted by molar-refractivity contribution is 5.86. The Morgan fingerprint density at radius 2 is 2.11 bits per heavy atom. The molecule has 0 heterocycles. The zero-order valence-corrected chi connectivity index (χ0v) is 11.7. The molecule has 0 spiro atoms. The van der Waals surface area contributed by atoms with E-state index in [4.69, 9.17) is 0 Å². The van der Waals surface area contributed by atoms with E-state index < -0.39 is 0 Å². The summed E-state index contributed by atoms with van der Waals surface area (Å²) in [4.78, 5) is 11.4. The molecule has 2 bridgehead atoms. The zero-order valence-electron chi connectivity index (χ0n) is 11.7. The lowest BCUT2D eigenvalue weighted by molar-refractivity contribution is -0.116. The first-order chi connectivity index (χ1) is 9.15. The van der Waals surface area contributed by atoms with E-state index >= 15 is 0 Å². The van der Waals surface area contributed by atoms with E-state index in [1.54, 1.807) is 0 Å². The molecule has 2 N–H and O–H groups in total. The maximum Gasteiger partial charge on any atom is 0.243 e. The predicted molar refractivity (Wildman–Crippen MR) is 74.3 cm³/mol. The number of amides is 1. The maximum atomic E-state index is 11.4. The number of carbonyl (C=O) groups excluding carboxylic acids is 1. The maximum absolute atomic E-state index is 11.4. The lowest BCUT2D eigenvalue weighted by Gasteiger charge is -2.33. The van der Waals surface area contributed by atoms with E-state index in [0.717, 1.165) is 24.8 Å². The van der Waals surface area contributed by atoms with Gasteiger partial charge in [0.1, 0.15) is 0 Å². The van der Waals surface area contributed by atoms with Crippen molar-refractivity contribution in [3.63, 3.8) is 0 Å². The highest BCUT2D eigenvalue weighted by Gasteiger charge is 2.59. The second-order valence-electron chi connectivity index (χ2n) is 6.73. The van der Waals surface area contributed by atoms with Gasteiger partial charge in [-0.15, -0.1) is 0 Å². The molecule has 19 heavy (non-hydrogen) atoms. The van der Waals surface area contributed by atoms with E-state index in [1.807, 2.05) is 0 Å². The summed E-state index contributed by atoms with van der Waals surface area (Å²) >= 11 is 0.